The maximum absolute atomic E-state index is 12.9. The van der Waals surface area contributed by atoms with Gasteiger partial charge in [-0.3, -0.25) is 0 Å². The molecular formula is C60H102O29. The van der Waals surface area contributed by atoms with Crippen LogP contribution in [0, 0.1) is 45.3 Å². The summed E-state index contributed by atoms with van der Waals surface area (Å²) in [6.45, 7) is 12.3. The fraction of sp³-hybridized carbons (Fsp3) is 0.967. The molecule has 3 saturated carbocycles. The molecule has 4 aliphatic carbocycles. The van der Waals surface area contributed by atoms with Crippen LogP contribution >= 0.6 is 0 Å². The summed E-state index contributed by atoms with van der Waals surface area (Å²) in [5.74, 6) is -0.0857. The van der Waals surface area contributed by atoms with Gasteiger partial charge in [0.05, 0.1) is 56.9 Å². The first-order chi connectivity index (χ1) is 41.7. The quantitative estimate of drug-likeness (QED) is 0.0506. The van der Waals surface area contributed by atoms with Gasteiger partial charge >= 0.3 is 0 Å². The second-order valence-electron chi connectivity index (χ2n) is 28.7. The van der Waals surface area contributed by atoms with E-state index in [1.54, 1.807) is 0 Å². The zero-order valence-corrected chi connectivity index (χ0v) is 51.8. The Morgan fingerprint density at radius 1 is 0.528 bits per heavy atom. The third-order valence-electron chi connectivity index (χ3n) is 22.9. The Morgan fingerprint density at radius 3 is 1.63 bits per heavy atom. The van der Waals surface area contributed by atoms with Crippen LogP contribution in [0.3, 0.4) is 0 Å². The van der Waals surface area contributed by atoms with Crippen molar-refractivity contribution in [2.75, 3.05) is 33.0 Å². The van der Waals surface area contributed by atoms with Crippen LogP contribution in [0.15, 0.2) is 11.6 Å². The van der Waals surface area contributed by atoms with Crippen molar-refractivity contribution < 1.29 is 144 Å². The van der Waals surface area contributed by atoms with Crippen molar-refractivity contribution >= 4 is 0 Å². The first-order valence-electron chi connectivity index (χ1n) is 31.6. The molecule has 0 bridgehead atoms. The zero-order valence-electron chi connectivity index (χ0n) is 51.8. The lowest BCUT2D eigenvalue weighted by atomic mass is 9.38. The van der Waals surface area contributed by atoms with E-state index in [-0.39, 0.29) is 35.5 Å². The Bertz CT molecular complexity index is 2340. The monoisotopic (exact) mass is 1290 g/mol. The summed E-state index contributed by atoms with van der Waals surface area (Å²) >= 11 is 0. The van der Waals surface area contributed by atoms with Gasteiger partial charge in [-0.05, 0) is 99.7 Å². The van der Waals surface area contributed by atoms with Gasteiger partial charge in [0.1, 0.15) is 122 Å². The number of fused-ring (bicyclic) bond motifs is 5. The van der Waals surface area contributed by atoms with Crippen molar-refractivity contribution in [1.82, 2.24) is 0 Å². The molecule has 0 aromatic rings. The van der Waals surface area contributed by atoms with E-state index in [1.807, 2.05) is 13.8 Å². The van der Waals surface area contributed by atoms with Crippen LogP contribution in [0.1, 0.15) is 107 Å². The summed E-state index contributed by atoms with van der Waals surface area (Å²) < 4.78 is 59.9. The van der Waals surface area contributed by atoms with Crippen LogP contribution in [0.2, 0.25) is 0 Å². The lowest BCUT2D eigenvalue weighted by Crippen LogP contribution is -2.66. The van der Waals surface area contributed by atoms with Crippen LogP contribution in [0.25, 0.3) is 0 Å². The van der Waals surface area contributed by atoms with Gasteiger partial charge in [-0.2, -0.15) is 0 Å². The van der Waals surface area contributed by atoms with Gasteiger partial charge in [0.25, 0.3) is 0 Å². The minimum Gasteiger partial charge on any atom is -0.394 e. The van der Waals surface area contributed by atoms with Crippen LogP contribution < -0.4 is 0 Å². The van der Waals surface area contributed by atoms with Crippen molar-refractivity contribution in [1.29, 1.82) is 0 Å². The molecule has 5 saturated heterocycles. The first kappa shape index (κ1) is 71.9. The highest BCUT2D eigenvalue weighted by molar-refractivity contribution is 5.32. The minimum absolute atomic E-state index is 0.0119. The Labute approximate surface area is 517 Å². The van der Waals surface area contributed by atoms with Gasteiger partial charge in [-0.25, -0.2) is 0 Å². The highest BCUT2D eigenvalue weighted by Crippen LogP contribution is 2.75. The molecule has 29 heteroatoms. The lowest BCUT2D eigenvalue weighted by molar-refractivity contribution is -0.380. The predicted octanol–water partition coefficient (Wildman–Crippen LogP) is -5.41. The second-order valence-corrected chi connectivity index (χ2v) is 28.7. The molecule has 29 nitrogen and oxygen atoms in total. The summed E-state index contributed by atoms with van der Waals surface area (Å²) in [6.07, 6.45) is -38.0. The van der Waals surface area contributed by atoms with E-state index in [0.717, 1.165) is 18.4 Å². The number of ether oxygens (including phenoxy) is 10. The maximum Gasteiger partial charge on any atom is 0.187 e. The molecule has 9 aliphatic rings. The van der Waals surface area contributed by atoms with Crippen molar-refractivity contribution in [2.45, 2.75) is 284 Å². The minimum atomic E-state index is -1.96. The lowest BCUT2D eigenvalue weighted by Gasteiger charge is -2.67. The highest BCUT2D eigenvalue weighted by Gasteiger charge is 2.71. The smallest absolute Gasteiger partial charge is 0.187 e. The molecule has 89 heavy (non-hydrogen) atoms. The number of aliphatic hydroxyl groups excluding tert-OH is 18. The van der Waals surface area contributed by atoms with Crippen LogP contribution in [-0.2, 0) is 47.4 Å². The number of hydrogen-bond acceptors (Lipinski definition) is 29. The number of aliphatic hydroxyl groups is 19. The molecule has 8 fully saturated rings. The molecule has 5 heterocycles. The fourth-order valence-corrected chi connectivity index (χ4v) is 17.2. The normalized spacial score (nSPS) is 51.8. The first-order valence-corrected chi connectivity index (χ1v) is 31.6. The fourth-order valence-electron chi connectivity index (χ4n) is 17.2. The molecule has 5 aliphatic heterocycles. The molecule has 9 rings (SSSR count). The van der Waals surface area contributed by atoms with Gasteiger partial charge in [0, 0.05) is 10.8 Å². The molecule has 0 unspecified atom stereocenters. The Morgan fingerprint density at radius 2 is 1.04 bits per heavy atom. The molecular weight excluding hydrogens is 1180 g/mol. The SMILES string of the molecule is C[C@H](CC[C@@H](O[C@@H]1O[C@H](CO[C@@H]2O[C@H](CO)[C@@H](O)[C@H](O)[C@H]2O)[C@@H](O)[C@H](O)[C@H]1O[C@@H]1O[C@H](CO)[C@@H](O)[C@H](O)[C@H]1O)C(C)(C)O)[C@H]1CC[C@@]2(C)[C@@H]3CC=C4[C@@H](CC[C@H](O[C@@H]5O[C@H](CO)[C@@H](O)[C@H](O)[C@H]5O[C@H]5[C@H](O)[C@@H](O)[C@H](O)O[C@@H]5CO)C4(C)C)[C@]3(C)[C@H](O)C[C@]12C. The van der Waals surface area contributed by atoms with Gasteiger partial charge in [-0.1, -0.05) is 53.2 Å². The third-order valence-corrected chi connectivity index (χ3v) is 22.9. The third kappa shape index (κ3) is 13.0. The van der Waals surface area contributed by atoms with Crippen molar-refractivity contribution in [2.24, 2.45) is 45.3 Å². The average molecular weight is 1290 g/mol. The van der Waals surface area contributed by atoms with Gasteiger partial charge in [0.15, 0.2) is 31.5 Å². The second kappa shape index (κ2) is 27.6. The Balaban J connectivity index is 0.910. The average Bonchev–Trinajstić information content (AvgIpc) is 0.878. The van der Waals surface area contributed by atoms with Gasteiger partial charge < -0.3 is 144 Å². The van der Waals surface area contributed by atoms with E-state index in [1.165, 1.54) is 13.8 Å². The molecule has 19 N–H and O–H groups in total. The molecule has 0 spiro atoms. The van der Waals surface area contributed by atoms with E-state index in [0.29, 0.717) is 32.1 Å². The zero-order chi connectivity index (χ0) is 65.5. The van der Waals surface area contributed by atoms with E-state index in [4.69, 9.17) is 47.4 Å². The summed E-state index contributed by atoms with van der Waals surface area (Å²) in [5.41, 5.74) is -2.61. The molecule has 516 valence electrons. The van der Waals surface area contributed by atoms with E-state index in [9.17, 15) is 97.0 Å². The maximum atomic E-state index is 12.9. The number of hydrogen-bond donors (Lipinski definition) is 19. The topological polar surface area (TPSA) is 477 Å². The van der Waals surface area contributed by atoms with Crippen molar-refractivity contribution in [3.63, 3.8) is 0 Å². The van der Waals surface area contributed by atoms with E-state index < -0.39 is 227 Å². The number of allylic oxidation sites excluding steroid dienone is 1. The Hall–Kier alpha value is -1.42. The van der Waals surface area contributed by atoms with E-state index >= 15 is 0 Å². The van der Waals surface area contributed by atoms with Gasteiger partial charge in [-0.15, -0.1) is 0 Å². The molecule has 0 aromatic carbocycles. The summed E-state index contributed by atoms with van der Waals surface area (Å²) in [4.78, 5) is 0. The predicted molar refractivity (Wildman–Crippen MR) is 300 cm³/mol. The summed E-state index contributed by atoms with van der Waals surface area (Å²) in [5, 5.41) is 206. The standard InChI is InChI=1S/C60H102O29/c1-23(9-13-35(57(4,5)79)87-55-50(89-53-47(77)41(71)37(67)28(19-62)83-53)43(73)39(69)31(85-55)22-80-52-46(76)40(70)36(66)27(18-61)82-52)24-15-16-58(6)32-12-10-25-26(60(32,8)33(65)17-59(24,58)7)11-14-34(56(25,2)3)86-54-49(42(72)38(68)29(20-63)84-54)88-48-30(21-64)81-51(78)45(75)44(48)74/h10,23-24,26-55,61-79H,9,11-22H2,1-8H3/t23-,24-,26-,27-,28-,29-,30-,31-,32+,33-,34+,35-,36-,37-,38-,39-,40+,41+,42+,43+,44-,45-,46-,47-,48-,49-,50-,51-,52-,53+,54+,55+,58+,59-,60+/m1/s1. The van der Waals surface area contributed by atoms with E-state index in [2.05, 4.69) is 33.8 Å². The summed E-state index contributed by atoms with van der Waals surface area (Å²) in [7, 11) is 0. The van der Waals surface area contributed by atoms with Crippen LogP contribution in [0.4, 0.5) is 0 Å². The van der Waals surface area contributed by atoms with Crippen LogP contribution in [-0.4, -0.2) is 308 Å². The highest BCUT2D eigenvalue weighted by atomic mass is 16.8. The summed E-state index contributed by atoms with van der Waals surface area (Å²) in [6, 6.07) is 0. The van der Waals surface area contributed by atoms with Crippen LogP contribution in [0.5, 0.6) is 0 Å². The molecule has 0 aromatic heterocycles. The van der Waals surface area contributed by atoms with Crippen molar-refractivity contribution in [3.8, 4) is 0 Å². The molecule has 0 amide bonds. The van der Waals surface area contributed by atoms with Gasteiger partial charge in [0.2, 0.25) is 0 Å². The largest absolute Gasteiger partial charge is 0.394 e. The molecule has 35 atom stereocenters. The van der Waals surface area contributed by atoms with Crippen molar-refractivity contribution in [3.05, 3.63) is 11.6 Å². The molecule has 0 radical (unpaired) electrons. The Kier molecular flexibility index (Phi) is 22.3. The number of rotatable bonds is 20.